The van der Waals surface area contributed by atoms with Crippen LogP contribution in [0.1, 0.15) is 31.2 Å². The standard InChI is InChI=1S/C20H20ClNO2S/c1-12-4-5-15(16(21)8-12)18-10-14(11-25-18)13-6-7-22-17(9-13)19(23)20(2,3)24/h4-11,19,23-24H,1-3H3. The molecule has 0 saturated heterocycles. The zero-order valence-electron chi connectivity index (χ0n) is 14.3. The maximum Gasteiger partial charge on any atom is 0.124 e. The lowest BCUT2D eigenvalue weighted by Crippen LogP contribution is -2.29. The molecule has 0 aliphatic heterocycles. The highest BCUT2D eigenvalue weighted by atomic mass is 35.5. The fourth-order valence-electron chi connectivity index (χ4n) is 2.59. The van der Waals surface area contributed by atoms with E-state index in [1.807, 2.05) is 37.3 Å². The van der Waals surface area contributed by atoms with Crippen molar-refractivity contribution in [2.24, 2.45) is 0 Å². The Labute approximate surface area is 156 Å². The van der Waals surface area contributed by atoms with E-state index in [4.69, 9.17) is 11.6 Å². The monoisotopic (exact) mass is 373 g/mol. The summed E-state index contributed by atoms with van der Waals surface area (Å²) in [5.74, 6) is 0. The van der Waals surface area contributed by atoms with Crippen molar-refractivity contribution in [3.8, 4) is 21.6 Å². The number of nitrogens with zero attached hydrogens (tertiary/aromatic N) is 1. The number of benzene rings is 1. The van der Waals surface area contributed by atoms with Crippen LogP contribution in [0.25, 0.3) is 21.6 Å². The summed E-state index contributed by atoms with van der Waals surface area (Å²) >= 11 is 7.99. The second-order valence-corrected chi connectivity index (χ2v) is 8.03. The molecule has 3 nitrogen and oxygen atoms in total. The molecule has 1 unspecified atom stereocenters. The van der Waals surface area contributed by atoms with Crippen LogP contribution in [0.3, 0.4) is 0 Å². The van der Waals surface area contributed by atoms with E-state index < -0.39 is 11.7 Å². The van der Waals surface area contributed by atoms with E-state index in [1.54, 1.807) is 31.4 Å². The normalized spacial score (nSPS) is 13.0. The molecule has 0 amide bonds. The van der Waals surface area contributed by atoms with Gasteiger partial charge in [0, 0.05) is 21.7 Å². The maximum absolute atomic E-state index is 10.2. The number of rotatable bonds is 4. The van der Waals surface area contributed by atoms with Gasteiger partial charge in [-0.2, -0.15) is 0 Å². The van der Waals surface area contributed by atoms with Gasteiger partial charge in [-0.05, 0) is 67.1 Å². The summed E-state index contributed by atoms with van der Waals surface area (Å²) in [4.78, 5) is 5.28. The van der Waals surface area contributed by atoms with Gasteiger partial charge in [-0.3, -0.25) is 4.98 Å². The molecule has 25 heavy (non-hydrogen) atoms. The van der Waals surface area contributed by atoms with Crippen molar-refractivity contribution < 1.29 is 10.2 Å². The van der Waals surface area contributed by atoms with Crippen molar-refractivity contribution in [2.75, 3.05) is 0 Å². The van der Waals surface area contributed by atoms with Gasteiger partial charge in [-0.15, -0.1) is 11.3 Å². The van der Waals surface area contributed by atoms with Crippen molar-refractivity contribution >= 4 is 22.9 Å². The lowest BCUT2D eigenvalue weighted by atomic mass is 9.97. The number of aromatic nitrogens is 1. The molecule has 2 aromatic heterocycles. The molecule has 0 aliphatic rings. The molecule has 130 valence electrons. The van der Waals surface area contributed by atoms with Crippen molar-refractivity contribution in [3.05, 3.63) is 64.3 Å². The van der Waals surface area contributed by atoms with Crippen LogP contribution in [0.5, 0.6) is 0 Å². The first-order valence-corrected chi connectivity index (χ1v) is 9.23. The summed E-state index contributed by atoms with van der Waals surface area (Å²) in [6, 6.07) is 11.8. The Morgan fingerprint density at radius 3 is 2.56 bits per heavy atom. The number of aliphatic hydroxyl groups is 2. The third-order valence-electron chi connectivity index (χ3n) is 4.05. The minimum atomic E-state index is -1.25. The van der Waals surface area contributed by atoms with Crippen LogP contribution in [0.15, 0.2) is 48.0 Å². The first-order valence-electron chi connectivity index (χ1n) is 7.97. The minimum absolute atomic E-state index is 0.450. The zero-order valence-corrected chi connectivity index (χ0v) is 15.9. The third kappa shape index (κ3) is 3.93. The van der Waals surface area contributed by atoms with Crippen LogP contribution in [0.2, 0.25) is 5.02 Å². The Bertz CT molecular complexity index is 899. The molecule has 0 spiro atoms. The number of aliphatic hydroxyl groups excluding tert-OH is 1. The second kappa shape index (κ2) is 6.89. The predicted octanol–water partition coefficient (Wildman–Crippen LogP) is 5.24. The van der Waals surface area contributed by atoms with E-state index in [1.165, 1.54) is 0 Å². The third-order valence-corrected chi connectivity index (χ3v) is 5.33. The fraction of sp³-hybridized carbons (Fsp3) is 0.250. The number of thiophene rings is 1. The van der Waals surface area contributed by atoms with Crippen LogP contribution >= 0.6 is 22.9 Å². The molecule has 3 rings (SSSR count). The van der Waals surface area contributed by atoms with Gasteiger partial charge in [-0.25, -0.2) is 0 Å². The second-order valence-electron chi connectivity index (χ2n) is 6.71. The van der Waals surface area contributed by atoms with Gasteiger partial charge < -0.3 is 10.2 Å². The highest BCUT2D eigenvalue weighted by molar-refractivity contribution is 7.14. The Morgan fingerprint density at radius 1 is 1.12 bits per heavy atom. The lowest BCUT2D eigenvalue weighted by Gasteiger charge is -2.24. The van der Waals surface area contributed by atoms with Gasteiger partial charge in [0.2, 0.25) is 0 Å². The number of hydrogen-bond donors (Lipinski definition) is 2. The number of hydrogen-bond acceptors (Lipinski definition) is 4. The molecule has 0 aliphatic carbocycles. The Kier molecular flexibility index (Phi) is 4.98. The van der Waals surface area contributed by atoms with Crippen LogP contribution in [0, 0.1) is 6.92 Å². The topological polar surface area (TPSA) is 53.4 Å². The van der Waals surface area contributed by atoms with Gasteiger partial charge in [0.1, 0.15) is 6.10 Å². The molecular weight excluding hydrogens is 354 g/mol. The van der Waals surface area contributed by atoms with E-state index in [0.717, 1.165) is 32.2 Å². The lowest BCUT2D eigenvalue weighted by molar-refractivity contribution is -0.0517. The molecule has 0 radical (unpaired) electrons. The van der Waals surface area contributed by atoms with Crippen LogP contribution < -0.4 is 0 Å². The van der Waals surface area contributed by atoms with E-state index >= 15 is 0 Å². The number of aryl methyl sites for hydroxylation is 1. The minimum Gasteiger partial charge on any atom is -0.387 e. The molecule has 0 bridgehead atoms. The molecule has 2 N–H and O–H groups in total. The van der Waals surface area contributed by atoms with Crippen molar-refractivity contribution in [1.82, 2.24) is 4.98 Å². The molecule has 1 aromatic carbocycles. The van der Waals surface area contributed by atoms with Crippen LogP contribution in [0.4, 0.5) is 0 Å². The predicted molar refractivity (Wildman–Crippen MR) is 104 cm³/mol. The van der Waals surface area contributed by atoms with Crippen molar-refractivity contribution in [2.45, 2.75) is 32.5 Å². The first-order chi connectivity index (χ1) is 11.8. The van der Waals surface area contributed by atoms with Gasteiger partial charge in [-0.1, -0.05) is 23.7 Å². The van der Waals surface area contributed by atoms with E-state index in [-0.39, 0.29) is 0 Å². The molecule has 0 fully saturated rings. The number of pyridine rings is 1. The molecule has 2 heterocycles. The van der Waals surface area contributed by atoms with Gasteiger partial charge in [0.05, 0.1) is 11.3 Å². The highest BCUT2D eigenvalue weighted by Gasteiger charge is 2.27. The Hall–Kier alpha value is -1.72. The van der Waals surface area contributed by atoms with Gasteiger partial charge >= 0.3 is 0 Å². The average Bonchev–Trinajstić information content (AvgIpc) is 3.03. The van der Waals surface area contributed by atoms with Crippen molar-refractivity contribution in [1.29, 1.82) is 0 Å². The van der Waals surface area contributed by atoms with Gasteiger partial charge in [0.15, 0.2) is 0 Å². The van der Waals surface area contributed by atoms with E-state index in [9.17, 15) is 10.2 Å². The summed E-state index contributed by atoms with van der Waals surface area (Å²) in [6.07, 6.45) is 0.604. The molecule has 0 saturated carbocycles. The summed E-state index contributed by atoms with van der Waals surface area (Å²) in [7, 11) is 0. The molecule has 3 aromatic rings. The average molecular weight is 374 g/mol. The van der Waals surface area contributed by atoms with Crippen LogP contribution in [-0.2, 0) is 0 Å². The number of halogens is 1. The molecule has 1 atom stereocenters. The SMILES string of the molecule is Cc1ccc(-c2cc(-c3ccnc(C(O)C(C)(C)O)c3)cs2)c(Cl)c1. The zero-order chi connectivity index (χ0) is 18.2. The summed E-state index contributed by atoms with van der Waals surface area (Å²) < 4.78 is 0. The Morgan fingerprint density at radius 2 is 1.88 bits per heavy atom. The maximum atomic E-state index is 10.2. The van der Waals surface area contributed by atoms with Crippen molar-refractivity contribution in [3.63, 3.8) is 0 Å². The van der Waals surface area contributed by atoms with E-state index in [2.05, 4.69) is 16.4 Å². The fourth-order valence-corrected chi connectivity index (χ4v) is 3.94. The smallest absolute Gasteiger partial charge is 0.124 e. The van der Waals surface area contributed by atoms with E-state index in [0.29, 0.717) is 5.69 Å². The highest BCUT2D eigenvalue weighted by Crippen LogP contribution is 2.37. The molecule has 5 heteroatoms. The van der Waals surface area contributed by atoms with Crippen LogP contribution in [-0.4, -0.2) is 20.8 Å². The largest absolute Gasteiger partial charge is 0.387 e. The summed E-state index contributed by atoms with van der Waals surface area (Å²) in [6.45, 7) is 5.14. The summed E-state index contributed by atoms with van der Waals surface area (Å²) in [5, 5.41) is 23.0. The summed E-state index contributed by atoms with van der Waals surface area (Å²) in [5.41, 5.74) is 3.31. The first kappa shape index (κ1) is 18.1. The Balaban J connectivity index is 1.95. The van der Waals surface area contributed by atoms with Gasteiger partial charge in [0.25, 0.3) is 0 Å². The quantitative estimate of drug-likeness (QED) is 0.657. The molecular formula is C20H20ClNO2S.